The summed E-state index contributed by atoms with van der Waals surface area (Å²) >= 11 is 0. The van der Waals surface area contributed by atoms with Crippen LogP contribution in [0, 0.1) is 0 Å². The Hall–Kier alpha value is -1.40. The van der Waals surface area contributed by atoms with Crippen LogP contribution < -0.4 is 5.32 Å². The van der Waals surface area contributed by atoms with Crippen molar-refractivity contribution in [2.75, 3.05) is 13.1 Å². The molecule has 2 rings (SSSR count). The third kappa shape index (κ3) is 5.04. The number of amides is 1. The van der Waals surface area contributed by atoms with Crippen LogP contribution in [0.15, 0.2) is 35.2 Å². The van der Waals surface area contributed by atoms with Crippen LogP contribution in [0.1, 0.15) is 45.4 Å². The maximum absolute atomic E-state index is 12.5. The van der Waals surface area contributed by atoms with Gasteiger partial charge in [0.2, 0.25) is 15.9 Å². The van der Waals surface area contributed by atoms with E-state index in [2.05, 4.69) is 12.2 Å². The first-order valence-corrected chi connectivity index (χ1v) is 9.82. The lowest BCUT2D eigenvalue weighted by Crippen LogP contribution is -2.46. The van der Waals surface area contributed by atoms with Gasteiger partial charge in [-0.3, -0.25) is 4.79 Å². The van der Waals surface area contributed by atoms with E-state index in [-0.39, 0.29) is 11.9 Å². The first-order valence-electron chi connectivity index (χ1n) is 8.38. The van der Waals surface area contributed by atoms with Gasteiger partial charge in [-0.1, -0.05) is 38.0 Å². The van der Waals surface area contributed by atoms with Gasteiger partial charge >= 0.3 is 0 Å². The van der Waals surface area contributed by atoms with Crippen molar-refractivity contribution in [3.63, 3.8) is 0 Å². The Bertz CT molecular complexity index is 594. The molecule has 128 valence electrons. The molecule has 5 nitrogen and oxygen atoms in total. The van der Waals surface area contributed by atoms with Crippen LogP contribution in [-0.2, 0) is 14.8 Å². The Kier molecular flexibility index (Phi) is 6.59. The van der Waals surface area contributed by atoms with Crippen LogP contribution in [-0.4, -0.2) is 37.8 Å². The van der Waals surface area contributed by atoms with Crippen LogP contribution in [0.2, 0.25) is 0 Å². The molecule has 0 aliphatic carbocycles. The van der Waals surface area contributed by atoms with Crippen LogP contribution >= 0.6 is 0 Å². The lowest BCUT2D eigenvalue weighted by Gasteiger charge is -2.31. The first kappa shape index (κ1) is 17.9. The van der Waals surface area contributed by atoms with Crippen molar-refractivity contribution in [1.29, 1.82) is 0 Å². The van der Waals surface area contributed by atoms with Crippen molar-refractivity contribution in [3.05, 3.63) is 30.3 Å². The van der Waals surface area contributed by atoms with E-state index in [1.165, 1.54) is 4.31 Å². The number of rotatable bonds is 7. The number of piperidine rings is 1. The smallest absolute Gasteiger partial charge is 0.243 e. The van der Waals surface area contributed by atoms with Gasteiger partial charge in [-0.05, 0) is 31.4 Å². The molecule has 0 aromatic heterocycles. The van der Waals surface area contributed by atoms with Crippen molar-refractivity contribution in [3.8, 4) is 0 Å². The van der Waals surface area contributed by atoms with E-state index in [0.717, 1.165) is 19.3 Å². The molecule has 1 aromatic carbocycles. The summed E-state index contributed by atoms with van der Waals surface area (Å²) in [6.07, 6.45) is 5.00. The standard InChI is InChI=1S/C17H26N2O3S/c1-2-3-5-10-17(20)18-15-11-13-19(14-12-15)23(21,22)16-8-6-4-7-9-16/h4,6-9,15H,2-3,5,10-14H2,1H3,(H,18,20). The molecule has 0 unspecified atom stereocenters. The van der Waals surface area contributed by atoms with Gasteiger partial charge in [-0.2, -0.15) is 4.31 Å². The number of carbonyl (C=O) groups is 1. The highest BCUT2D eigenvalue weighted by Gasteiger charge is 2.29. The molecule has 6 heteroatoms. The van der Waals surface area contributed by atoms with Crippen molar-refractivity contribution in [1.82, 2.24) is 9.62 Å². The van der Waals surface area contributed by atoms with E-state index in [4.69, 9.17) is 0 Å². The fraction of sp³-hybridized carbons (Fsp3) is 0.588. The summed E-state index contributed by atoms with van der Waals surface area (Å²) in [5.74, 6) is 0.0859. The lowest BCUT2D eigenvalue weighted by molar-refractivity contribution is -0.122. The molecule has 1 saturated heterocycles. The molecule has 1 aliphatic rings. The van der Waals surface area contributed by atoms with E-state index in [0.29, 0.717) is 37.2 Å². The molecule has 0 saturated carbocycles. The number of sulfonamides is 1. The minimum atomic E-state index is -3.41. The molecule has 0 atom stereocenters. The third-order valence-electron chi connectivity index (χ3n) is 4.21. The minimum absolute atomic E-state index is 0.0859. The Balaban J connectivity index is 1.83. The molecule has 0 spiro atoms. The molecule has 1 aromatic rings. The van der Waals surface area contributed by atoms with Gasteiger partial charge in [0.15, 0.2) is 0 Å². The monoisotopic (exact) mass is 338 g/mol. The molecule has 1 fully saturated rings. The predicted octanol–water partition coefficient (Wildman–Crippen LogP) is 2.54. The zero-order valence-electron chi connectivity index (χ0n) is 13.7. The lowest BCUT2D eigenvalue weighted by atomic mass is 10.1. The predicted molar refractivity (Wildman–Crippen MR) is 90.5 cm³/mol. The molecule has 23 heavy (non-hydrogen) atoms. The SMILES string of the molecule is CCCCCC(=O)NC1CCN(S(=O)(=O)c2ccccc2)CC1. The number of unbranched alkanes of at least 4 members (excludes halogenated alkanes) is 2. The summed E-state index contributed by atoms with van der Waals surface area (Å²) in [5, 5.41) is 3.03. The number of hydrogen-bond donors (Lipinski definition) is 1. The minimum Gasteiger partial charge on any atom is -0.353 e. The maximum atomic E-state index is 12.5. The second-order valence-electron chi connectivity index (χ2n) is 6.02. The molecule has 1 heterocycles. The van der Waals surface area contributed by atoms with Gasteiger partial charge in [-0.15, -0.1) is 0 Å². The second-order valence-corrected chi connectivity index (χ2v) is 7.95. The van der Waals surface area contributed by atoms with Crippen molar-refractivity contribution < 1.29 is 13.2 Å². The molecular weight excluding hydrogens is 312 g/mol. The second kappa shape index (κ2) is 8.45. The molecule has 0 bridgehead atoms. The van der Waals surface area contributed by atoms with Gasteiger partial charge in [0.1, 0.15) is 0 Å². The summed E-state index contributed by atoms with van der Waals surface area (Å²) in [6.45, 7) is 3.02. The highest BCUT2D eigenvalue weighted by Crippen LogP contribution is 2.20. The number of nitrogens with one attached hydrogen (secondary N) is 1. The zero-order valence-corrected chi connectivity index (χ0v) is 14.5. The Morgan fingerprint density at radius 3 is 2.43 bits per heavy atom. The van der Waals surface area contributed by atoms with E-state index < -0.39 is 10.0 Å². The van der Waals surface area contributed by atoms with E-state index in [1.807, 2.05) is 0 Å². The number of nitrogens with zero attached hydrogens (tertiary/aromatic N) is 1. The first-order chi connectivity index (χ1) is 11.0. The van der Waals surface area contributed by atoms with Crippen molar-refractivity contribution >= 4 is 15.9 Å². The topological polar surface area (TPSA) is 66.5 Å². The summed E-state index contributed by atoms with van der Waals surface area (Å²) < 4.78 is 26.6. The summed E-state index contributed by atoms with van der Waals surface area (Å²) in [5.41, 5.74) is 0. The summed E-state index contributed by atoms with van der Waals surface area (Å²) in [7, 11) is -3.41. The van der Waals surface area contributed by atoms with Crippen LogP contribution in [0.5, 0.6) is 0 Å². The molecule has 0 radical (unpaired) electrons. The van der Waals surface area contributed by atoms with Crippen molar-refractivity contribution in [2.45, 2.75) is 56.4 Å². The fourth-order valence-corrected chi connectivity index (χ4v) is 4.31. The fourth-order valence-electron chi connectivity index (χ4n) is 2.82. The van der Waals surface area contributed by atoms with Crippen LogP contribution in [0.25, 0.3) is 0 Å². The number of benzene rings is 1. The Labute approximate surface area is 139 Å². The molecule has 1 N–H and O–H groups in total. The number of carbonyl (C=O) groups excluding carboxylic acids is 1. The average molecular weight is 338 g/mol. The van der Waals surface area contributed by atoms with E-state index >= 15 is 0 Å². The third-order valence-corrected chi connectivity index (χ3v) is 6.12. The molecular formula is C17H26N2O3S. The van der Waals surface area contributed by atoms with Crippen LogP contribution in [0.4, 0.5) is 0 Å². The summed E-state index contributed by atoms with van der Waals surface area (Å²) in [6, 6.07) is 8.60. The molecule has 1 amide bonds. The van der Waals surface area contributed by atoms with Gasteiger partial charge in [0.05, 0.1) is 4.90 Å². The maximum Gasteiger partial charge on any atom is 0.243 e. The van der Waals surface area contributed by atoms with E-state index in [9.17, 15) is 13.2 Å². The number of hydrogen-bond acceptors (Lipinski definition) is 3. The zero-order chi connectivity index (χ0) is 16.7. The Morgan fingerprint density at radius 1 is 1.17 bits per heavy atom. The largest absolute Gasteiger partial charge is 0.353 e. The van der Waals surface area contributed by atoms with Gasteiger partial charge < -0.3 is 5.32 Å². The van der Waals surface area contributed by atoms with Crippen molar-refractivity contribution in [2.24, 2.45) is 0 Å². The van der Waals surface area contributed by atoms with Gasteiger partial charge in [0.25, 0.3) is 0 Å². The average Bonchev–Trinajstić information content (AvgIpc) is 2.56. The quantitative estimate of drug-likeness (QED) is 0.777. The highest BCUT2D eigenvalue weighted by molar-refractivity contribution is 7.89. The highest BCUT2D eigenvalue weighted by atomic mass is 32.2. The van der Waals surface area contributed by atoms with Gasteiger partial charge in [-0.25, -0.2) is 8.42 Å². The normalized spacial score (nSPS) is 17.1. The summed E-state index contributed by atoms with van der Waals surface area (Å²) in [4.78, 5) is 12.2. The van der Waals surface area contributed by atoms with Crippen LogP contribution in [0.3, 0.4) is 0 Å². The molecule has 1 aliphatic heterocycles. The Morgan fingerprint density at radius 2 is 1.83 bits per heavy atom. The van der Waals surface area contributed by atoms with Gasteiger partial charge in [0, 0.05) is 25.6 Å². The van der Waals surface area contributed by atoms with E-state index in [1.54, 1.807) is 30.3 Å².